The molecule has 0 amide bonds. The van der Waals surface area contributed by atoms with E-state index in [0.717, 1.165) is 0 Å². The summed E-state index contributed by atoms with van der Waals surface area (Å²) in [4.78, 5) is 11.9. The van der Waals surface area contributed by atoms with Crippen LogP contribution in [0, 0.1) is 0 Å². The first-order valence-electron chi connectivity index (χ1n) is 6.11. The second-order valence-electron chi connectivity index (χ2n) is 2.37. The number of hydrogen-bond donors (Lipinski definition) is 1. The summed E-state index contributed by atoms with van der Waals surface area (Å²) >= 11 is 0. The molecule has 0 aliphatic heterocycles. The van der Waals surface area contributed by atoms with Gasteiger partial charge in [0.25, 0.3) is 0 Å². The number of benzene rings is 1. The third-order valence-corrected chi connectivity index (χ3v) is 1.57. The molecule has 0 saturated carbocycles. The second-order valence-corrected chi connectivity index (χ2v) is 2.37. The van der Waals surface area contributed by atoms with Crippen LogP contribution in [0.4, 0.5) is 0 Å². The standard InChI is InChI=1S/C10H13NO/c1-8(11-2)10(12)9-6-4-3-5-7-9/h3-8,11H,1-2H3/i3D,4D,5D,6D,7D. The summed E-state index contributed by atoms with van der Waals surface area (Å²) in [6.07, 6.45) is 0. The van der Waals surface area contributed by atoms with Crippen molar-refractivity contribution in [3.63, 3.8) is 0 Å². The van der Waals surface area contributed by atoms with Gasteiger partial charge in [-0.2, -0.15) is 0 Å². The molecule has 1 aromatic rings. The van der Waals surface area contributed by atoms with Crippen molar-refractivity contribution in [3.05, 3.63) is 35.8 Å². The number of ketones is 1. The highest BCUT2D eigenvalue weighted by atomic mass is 16.1. The van der Waals surface area contributed by atoms with Crippen LogP contribution in [-0.2, 0) is 0 Å². The summed E-state index contributed by atoms with van der Waals surface area (Å²) < 4.78 is 37.5. The highest BCUT2D eigenvalue weighted by Gasteiger charge is 2.11. The van der Waals surface area contributed by atoms with Crippen molar-refractivity contribution in [2.75, 3.05) is 7.05 Å². The summed E-state index contributed by atoms with van der Waals surface area (Å²) in [6.45, 7) is 1.57. The fraction of sp³-hybridized carbons (Fsp3) is 0.300. The first-order chi connectivity index (χ1) is 7.82. The van der Waals surface area contributed by atoms with E-state index in [1.165, 1.54) is 0 Å². The molecule has 0 radical (unpaired) electrons. The molecular weight excluding hydrogens is 150 g/mol. The van der Waals surface area contributed by atoms with Crippen LogP contribution in [0.25, 0.3) is 0 Å². The average molecular weight is 168 g/mol. The molecule has 12 heavy (non-hydrogen) atoms. The van der Waals surface area contributed by atoms with Crippen molar-refractivity contribution in [1.29, 1.82) is 0 Å². The summed E-state index contributed by atoms with van der Waals surface area (Å²) in [5.41, 5.74) is -0.266. The number of carbonyl (C=O) groups is 1. The van der Waals surface area contributed by atoms with E-state index in [4.69, 9.17) is 6.85 Å². The molecule has 0 aliphatic carbocycles. The molecule has 1 unspecified atom stereocenters. The molecule has 0 aromatic heterocycles. The fourth-order valence-corrected chi connectivity index (χ4v) is 0.721. The summed E-state index contributed by atoms with van der Waals surface area (Å²) in [7, 11) is 1.57. The van der Waals surface area contributed by atoms with E-state index in [-0.39, 0.29) is 5.56 Å². The van der Waals surface area contributed by atoms with Crippen LogP contribution in [-0.4, -0.2) is 18.9 Å². The first kappa shape index (κ1) is 4.19. The predicted molar refractivity (Wildman–Crippen MR) is 49.3 cm³/mol. The highest BCUT2D eigenvalue weighted by molar-refractivity contribution is 5.99. The molecular formula is C10H13NO. The van der Waals surface area contributed by atoms with E-state index >= 15 is 0 Å². The van der Waals surface area contributed by atoms with Gasteiger partial charge in [-0.3, -0.25) is 4.79 Å². The minimum Gasteiger partial charge on any atom is -0.310 e. The van der Waals surface area contributed by atoms with Crippen molar-refractivity contribution in [3.8, 4) is 0 Å². The minimum atomic E-state index is -0.599. The lowest BCUT2D eigenvalue weighted by molar-refractivity contribution is 0.0955. The van der Waals surface area contributed by atoms with Crippen LogP contribution >= 0.6 is 0 Å². The lowest BCUT2D eigenvalue weighted by Crippen LogP contribution is -2.30. The lowest BCUT2D eigenvalue weighted by Gasteiger charge is -2.07. The van der Waals surface area contributed by atoms with E-state index < -0.39 is 42.0 Å². The van der Waals surface area contributed by atoms with Crippen molar-refractivity contribution in [2.45, 2.75) is 13.0 Å². The molecule has 0 saturated heterocycles. The maximum atomic E-state index is 11.9. The van der Waals surface area contributed by atoms with Crippen LogP contribution in [0.15, 0.2) is 30.2 Å². The quantitative estimate of drug-likeness (QED) is 0.693. The van der Waals surface area contributed by atoms with E-state index in [1.807, 2.05) is 0 Å². The number of rotatable bonds is 3. The number of nitrogens with one attached hydrogen (secondary N) is 1. The molecule has 1 atom stereocenters. The Morgan fingerprint density at radius 3 is 2.58 bits per heavy atom. The number of carbonyl (C=O) groups excluding carboxylic acids is 1. The van der Waals surface area contributed by atoms with Crippen LogP contribution in [0.2, 0.25) is 0 Å². The van der Waals surface area contributed by atoms with Gasteiger partial charge in [0.15, 0.2) is 5.78 Å². The Labute approximate surface area is 79.6 Å². The van der Waals surface area contributed by atoms with Gasteiger partial charge in [0.1, 0.15) is 0 Å². The van der Waals surface area contributed by atoms with Crippen molar-refractivity contribution < 1.29 is 11.6 Å². The summed E-state index contributed by atoms with van der Waals surface area (Å²) in [6, 6.07) is -2.98. The third kappa shape index (κ3) is 1.92. The van der Waals surface area contributed by atoms with Gasteiger partial charge in [0, 0.05) is 5.56 Å². The van der Waals surface area contributed by atoms with E-state index in [9.17, 15) is 4.79 Å². The van der Waals surface area contributed by atoms with Gasteiger partial charge in [-0.05, 0) is 14.0 Å². The Kier molecular flexibility index (Phi) is 1.40. The number of hydrogen-bond acceptors (Lipinski definition) is 2. The molecule has 0 heterocycles. The number of likely N-dealkylation sites (N-methyl/N-ethyl adjacent to an activating group) is 1. The largest absolute Gasteiger partial charge is 0.310 e. The SMILES string of the molecule is [2H]c1c([2H])c([2H])c(C(=O)C(C)NC)c([2H])c1[2H]. The first-order valence-corrected chi connectivity index (χ1v) is 3.61. The fourth-order valence-electron chi connectivity index (χ4n) is 0.721. The average Bonchev–Trinajstić information content (AvgIpc) is 2.32. The zero-order valence-corrected chi connectivity index (χ0v) is 6.99. The molecule has 0 bridgehead atoms. The van der Waals surface area contributed by atoms with E-state index in [2.05, 4.69) is 5.32 Å². The Morgan fingerprint density at radius 1 is 1.50 bits per heavy atom. The summed E-state index contributed by atoms with van der Waals surface area (Å²) in [5, 5.41) is 2.69. The van der Waals surface area contributed by atoms with Crippen LogP contribution in [0.5, 0.6) is 0 Å². The van der Waals surface area contributed by atoms with Crippen LogP contribution in [0.3, 0.4) is 0 Å². The Morgan fingerprint density at radius 2 is 2.08 bits per heavy atom. The Hall–Kier alpha value is -1.15. The zero-order valence-electron chi connectivity index (χ0n) is 12.0. The van der Waals surface area contributed by atoms with Crippen LogP contribution < -0.4 is 5.32 Å². The molecule has 1 rings (SSSR count). The van der Waals surface area contributed by atoms with Gasteiger partial charge < -0.3 is 5.32 Å². The molecule has 1 N–H and O–H groups in total. The summed E-state index contributed by atoms with van der Waals surface area (Å²) in [5.74, 6) is -0.510. The lowest BCUT2D eigenvalue weighted by atomic mass is 10.1. The minimum absolute atomic E-state index is 0.266. The predicted octanol–water partition coefficient (Wildman–Crippen LogP) is 1.48. The van der Waals surface area contributed by atoms with Gasteiger partial charge >= 0.3 is 0 Å². The Balaban J connectivity index is 3.50. The van der Waals surface area contributed by atoms with Crippen molar-refractivity contribution >= 4 is 5.78 Å². The molecule has 2 nitrogen and oxygen atoms in total. The van der Waals surface area contributed by atoms with Crippen LogP contribution in [0.1, 0.15) is 24.1 Å². The normalized spacial score (nSPS) is 18.3. The van der Waals surface area contributed by atoms with Gasteiger partial charge in [0.2, 0.25) is 0 Å². The van der Waals surface area contributed by atoms with Crippen molar-refractivity contribution in [2.24, 2.45) is 0 Å². The molecule has 0 spiro atoms. The smallest absolute Gasteiger partial charge is 0.179 e. The molecule has 1 aromatic carbocycles. The van der Waals surface area contributed by atoms with Gasteiger partial charge in [0.05, 0.1) is 12.9 Å². The second kappa shape index (κ2) is 4.02. The van der Waals surface area contributed by atoms with E-state index in [1.54, 1.807) is 14.0 Å². The zero-order chi connectivity index (χ0) is 13.3. The number of Topliss-reactive ketones (excluding diaryl/α,β-unsaturated/α-hetero) is 1. The molecule has 64 valence electrons. The monoisotopic (exact) mass is 168 g/mol. The third-order valence-electron chi connectivity index (χ3n) is 1.57. The highest BCUT2D eigenvalue weighted by Crippen LogP contribution is 2.02. The molecule has 0 aliphatic rings. The van der Waals surface area contributed by atoms with Gasteiger partial charge in [-0.1, -0.05) is 30.2 Å². The van der Waals surface area contributed by atoms with E-state index in [0.29, 0.717) is 0 Å². The Bertz CT molecular complexity index is 445. The molecule has 0 fully saturated rings. The topological polar surface area (TPSA) is 29.1 Å². The molecule has 2 heteroatoms. The van der Waals surface area contributed by atoms with Gasteiger partial charge in [-0.25, -0.2) is 0 Å². The maximum absolute atomic E-state index is 11.9. The van der Waals surface area contributed by atoms with Gasteiger partial charge in [-0.15, -0.1) is 0 Å². The maximum Gasteiger partial charge on any atom is 0.179 e. The van der Waals surface area contributed by atoms with Crippen molar-refractivity contribution in [1.82, 2.24) is 5.32 Å².